The zero-order chi connectivity index (χ0) is 13.3. The summed E-state index contributed by atoms with van der Waals surface area (Å²) in [7, 11) is -3.43. The van der Waals surface area contributed by atoms with E-state index < -0.39 is 10.2 Å². The van der Waals surface area contributed by atoms with E-state index in [2.05, 4.69) is 4.72 Å². The van der Waals surface area contributed by atoms with Crippen LogP contribution in [0.25, 0.3) is 0 Å². The van der Waals surface area contributed by atoms with E-state index in [9.17, 15) is 13.2 Å². The summed E-state index contributed by atoms with van der Waals surface area (Å²) in [5.74, 6) is -0.0238. The number of ketones is 1. The number of rotatable bonds is 2. The Kier molecular flexibility index (Phi) is 3.41. The highest BCUT2D eigenvalue weighted by Crippen LogP contribution is 2.25. The first-order chi connectivity index (χ1) is 8.42. The van der Waals surface area contributed by atoms with Crippen molar-refractivity contribution in [1.29, 1.82) is 0 Å². The molecule has 1 aromatic rings. The van der Waals surface area contributed by atoms with E-state index in [1.165, 1.54) is 11.2 Å². The number of carbonyl (C=O) groups is 1. The minimum Gasteiger partial charge on any atom is -0.295 e. The van der Waals surface area contributed by atoms with Gasteiger partial charge in [0.05, 0.1) is 5.69 Å². The van der Waals surface area contributed by atoms with Crippen LogP contribution in [-0.2, 0) is 10.2 Å². The van der Waals surface area contributed by atoms with E-state index in [1.807, 2.05) is 6.92 Å². The number of hydrogen-bond acceptors (Lipinski definition) is 3. The van der Waals surface area contributed by atoms with Crippen molar-refractivity contribution in [1.82, 2.24) is 4.72 Å². The summed E-state index contributed by atoms with van der Waals surface area (Å²) in [5.41, 5.74) is 2.01. The van der Waals surface area contributed by atoms with E-state index in [0.717, 1.165) is 12.0 Å². The summed E-state index contributed by atoms with van der Waals surface area (Å²) >= 11 is 0. The molecule has 18 heavy (non-hydrogen) atoms. The Labute approximate surface area is 107 Å². The van der Waals surface area contributed by atoms with Crippen molar-refractivity contribution in [2.75, 3.05) is 17.4 Å². The van der Waals surface area contributed by atoms with E-state index in [0.29, 0.717) is 24.3 Å². The lowest BCUT2D eigenvalue weighted by molar-refractivity contribution is 0.101. The lowest BCUT2D eigenvalue weighted by Gasteiger charge is -2.29. The zero-order valence-electron chi connectivity index (χ0n) is 10.4. The smallest absolute Gasteiger partial charge is 0.295 e. The Morgan fingerprint density at radius 2 is 2.11 bits per heavy atom. The quantitative estimate of drug-likeness (QED) is 0.821. The van der Waals surface area contributed by atoms with Gasteiger partial charge in [0.2, 0.25) is 0 Å². The van der Waals surface area contributed by atoms with Gasteiger partial charge in [0.15, 0.2) is 5.78 Å². The van der Waals surface area contributed by atoms with Crippen LogP contribution in [0.3, 0.4) is 0 Å². The molecule has 0 unspecified atom stereocenters. The van der Waals surface area contributed by atoms with Gasteiger partial charge in [-0.05, 0) is 44.0 Å². The van der Waals surface area contributed by atoms with Gasteiger partial charge in [0.1, 0.15) is 0 Å². The van der Waals surface area contributed by atoms with Gasteiger partial charge in [-0.3, -0.25) is 9.10 Å². The van der Waals surface area contributed by atoms with Crippen LogP contribution in [0.1, 0.15) is 29.3 Å². The Hall–Kier alpha value is -1.40. The Morgan fingerprint density at radius 1 is 1.39 bits per heavy atom. The molecule has 2 rings (SSSR count). The number of Topliss-reactive ketones (excluding diaryl/α,β-unsaturated/α-hetero) is 1. The van der Waals surface area contributed by atoms with Gasteiger partial charge in [-0.1, -0.05) is 0 Å². The minimum absolute atomic E-state index is 0.0238. The number of benzene rings is 1. The van der Waals surface area contributed by atoms with Crippen LogP contribution in [0.4, 0.5) is 5.69 Å². The van der Waals surface area contributed by atoms with E-state index in [-0.39, 0.29) is 5.78 Å². The van der Waals surface area contributed by atoms with Crippen LogP contribution in [0.5, 0.6) is 0 Å². The molecule has 5 nitrogen and oxygen atoms in total. The van der Waals surface area contributed by atoms with E-state index >= 15 is 0 Å². The van der Waals surface area contributed by atoms with Crippen molar-refractivity contribution in [3.05, 3.63) is 29.3 Å². The lowest BCUT2D eigenvalue weighted by atomic mass is 10.1. The van der Waals surface area contributed by atoms with Gasteiger partial charge >= 0.3 is 10.2 Å². The SMILES string of the molecule is CC(=O)c1ccc(N2CCCNS2(=O)=O)c(C)c1. The number of anilines is 1. The Balaban J connectivity index is 2.42. The van der Waals surface area contributed by atoms with Crippen molar-refractivity contribution in [2.45, 2.75) is 20.3 Å². The summed E-state index contributed by atoms with van der Waals surface area (Å²) in [6.45, 7) is 4.25. The zero-order valence-corrected chi connectivity index (χ0v) is 11.3. The third-order valence-corrected chi connectivity index (χ3v) is 4.51. The molecule has 1 saturated heterocycles. The summed E-state index contributed by atoms with van der Waals surface area (Å²) in [6, 6.07) is 5.08. The first-order valence-corrected chi connectivity index (χ1v) is 7.25. The second-order valence-electron chi connectivity index (χ2n) is 4.38. The molecule has 98 valence electrons. The molecular weight excluding hydrogens is 252 g/mol. The fourth-order valence-corrected chi connectivity index (χ4v) is 3.42. The predicted octanol–water partition coefficient (Wildman–Crippen LogP) is 1.24. The van der Waals surface area contributed by atoms with Crippen LogP contribution >= 0.6 is 0 Å². The summed E-state index contributed by atoms with van der Waals surface area (Å²) < 4.78 is 27.7. The Bertz CT molecular complexity index is 581. The van der Waals surface area contributed by atoms with Crippen LogP contribution in [0.2, 0.25) is 0 Å². The van der Waals surface area contributed by atoms with Gasteiger partial charge in [-0.2, -0.15) is 13.1 Å². The monoisotopic (exact) mass is 268 g/mol. The second kappa shape index (κ2) is 4.70. The number of nitrogens with zero attached hydrogens (tertiary/aromatic N) is 1. The molecule has 1 N–H and O–H groups in total. The van der Waals surface area contributed by atoms with Crippen LogP contribution in [0.15, 0.2) is 18.2 Å². The summed E-state index contributed by atoms with van der Waals surface area (Å²) in [4.78, 5) is 11.3. The fraction of sp³-hybridized carbons (Fsp3) is 0.417. The van der Waals surface area contributed by atoms with Gasteiger partial charge in [-0.25, -0.2) is 0 Å². The maximum absolute atomic E-state index is 11.9. The number of aryl methyl sites for hydroxylation is 1. The standard InChI is InChI=1S/C12H16N2O3S/c1-9-8-11(10(2)15)4-5-12(9)14-7-3-6-13-18(14,16)17/h4-5,8,13H,3,6-7H2,1-2H3. The average Bonchev–Trinajstić information content (AvgIpc) is 2.29. The minimum atomic E-state index is -3.43. The molecule has 0 spiro atoms. The number of carbonyl (C=O) groups excluding carboxylic acids is 1. The number of hydrogen-bond donors (Lipinski definition) is 1. The molecule has 0 aliphatic carbocycles. The Morgan fingerprint density at radius 3 is 2.67 bits per heavy atom. The van der Waals surface area contributed by atoms with Crippen molar-refractivity contribution in [2.24, 2.45) is 0 Å². The first-order valence-electron chi connectivity index (χ1n) is 5.81. The van der Waals surface area contributed by atoms with Crippen LogP contribution < -0.4 is 9.03 Å². The molecule has 0 radical (unpaired) electrons. The van der Waals surface area contributed by atoms with Crippen LogP contribution in [0, 0.1) is 6.92 Å². The molecule has 1 fully saturated rings. The highest BCUT2D eigenvalue weighted by molar-refractivity contribution is 7.90. The van der Waals surface area contributed by atoms with Crippen molar-refractivity contribution < 1.29 is 13.2 Å². The maximum Gasteiger partial charge on any atom is 0.301 e. The summed E-state index contributed by atoms with van der Waals surface area (Å²) in [5, 5.41) is 0. The van der Waals surface area contributed by atoms with Crippen molar-refractivity contribution in [3.63, 3.8) is 0 Å². The van der Waals surface area contributed by atoms with E-state index in [4.69, 9.17) is 0 Å². The molecule has 1 heterocycles. The highest BCUT2D eigenvalue weighted by Gasteiger charge is 2.26. The normalized spacial score (nSPS) is 18.7. The summed E-state index contributed by atoms with van der Waals surface area (Å²) in [6.07, 6.45) is 0.771. The topological polar surface area (TPSA) is 66.5 Å². The second-order valence-corrected chi connectivity index (χ2v) is 6.06. The van der Waals surface area contributed by atoms with Crippen LogP contribution in [-0.4, -0.2) is 27.3 Å². The average molecular weight is 268 g/mol. The molecule has 6 heteroatoms. The molecule has 1 aliphatic rings. The molecule has 1 aliphatic heterocycles. The first kappa shape index (κ1) is 13.0. The van der Waals surface area contributed by atoms with Gasteiger partial charge in [-0.15, -0.1) is 0 Å². The molecule has 0 atom stereocenters. The van der Waals surface area contributed by atoms with Gasteiger partial charge in [0.25, 0.3) is 0 Å². The third kappa shape index (κ3) is 2.39. The van der Waals surface area contributed by atoms with Crippen molar-refractivity contribution in [3.8, 4) is 0 Å². The fourth-order valence-electron chi connectivity index (χ4n) is 2.03. The van der Waals surface area contributed by atoms with Gasteiger partial charge < -0.3 is 0 Å². The lowest BCUT2D eigenvalue weighted by Crippen LogP contribution is -2.47. The molecule has 1 aromatic carbocycles. The van der Waals surface area contributed by atoms with Gasteiger partial charge in [0, 0.05) is 18.7 Å². The maximum atomic E-state index is 11.9. The highest BCUT2D eigenvalue weighted by atomic mass is 32.2. The third-order valence-electron chi connectivity index (χ3n) is 2.98. The molecular formula is C12H16N2O3S. The molecule has 0 saturated carbocycles. The predicted molar refractivity (Wildman–Crippen MR) is 70.1 cm³/mol. The van der Waals surface area contributed by atoms with E-state index in [1.54, 1.807) is 18.2 Å². The molecule has 0 bridgehead atoms. The van der Waals surface area contributed by atoms with Crippen molar-refractivity contribution >= 4 is 21.7 Å². The molecule has 0 amide bonds. The largest absolute Gasteiger partial charge is 0.301 e. The number of nitrogens with one attached hydrogen (secondary N) is 1. The molecule has 0 aromatic heterocycles.